The van der Waals surface area contributed by atoms with Crippen LogP contribution in [-0.4, -0.2) is 90.2 Å². The molecule has 1 aliphatic rings. The molecule has 13 nitrogen and oxygen atoms in total. The molecule has 1 saturated carbocycles. The molecule has 5 rings (SSSR count). The van der Waals surface area contributed by atoms with Crippen LogP contribution in [0.1, 0.15) is 53.0 Å². The van der Waals surface area contributed by atoms with Crippen LogP contribution in [-0.2, 0) is 9.59 Å². The van der Waals surface area contributed by atoms with Crippen molar-refractivity contribution in [2.75, 3.05) is 19.9 Å². The van der Waals surface area contributed by atoms with Crippen molar-refractivity contribution in [2.24, 2.45) is 0 Å². The third-order valence-electron chi connectivity index (χ3n) is 7.39. The quantitative estimate of drug-likeness (QED) is 0.202. The third-order valence-corrected chi connectivity index (χ3v) is 7.79. The summed E-state index contributed by atoms with van der Waals surface area (Å²) in [5, 5.41) is 20.2. The number of nitrogen functional groups attached to an aromatic ring is 1. The zero-order chi connectivity index (χ0) is 37.9. The summed E-state index contributed by atoms with van der Waals surface area (Å²) in [6.07, 6.45) is -3.33. The number of amides is 1. The maximum atomic E-state index is 13.0. The molecule has 1 aliphatic carbocycles. The number of hydrogen-bond donors (Lipinski definition) is 3. The van der Waals surface area contributed by atoms with Crippen molar-refractivity contribution in [1.82, 2.24) is 29.6 Å². The van der Waals surface area contributed by atoms with Crippen LogP contribution in [0, 0.1) is 13.8 Å². The van der Waals surface area contributed by atoms with Crippen LogP contribution >= 0.6 is 11.6 Å². The number of halogens is 7. The van der Waals surface area contributed by atoms with Gasteiger partial charge in [0.25, 0.3) is 5.91 Å². The molecule has 0 bridgehead atoms. The van der Waals surface area contributed by atoms with Crippen molar-refractivity contribution in [3.05, 3.63) is 58.3 Å². The molecule has 1 atom stereocenters. The Morgan fingerprint density at radius 1 is 1.04 bits per heavy atom. The molecule has 1 aromatic carbocycles. The average molecular weight is 734 g/mol. The van der Waals surface area contributed by atoms with E-state index in [0.29, 0.717) is 33.8 Å². The molecule has 50 heavy (non-hydrogen) atoms. The smallest absolute Gasteiger partial charge is 0.490 e. The van der Waals surface area contributed by atoms with Crippen LogP contribution in [0.4, 0.5) is 32.2 Å². The molecule has 3 aromatic heterocycles. The number of nitrogens with zero attached hydrogens (tertiary/aromatic N) is 6. The number of fused-ring (bicyclic) bond motifs is 1. The first-order valence-corrected chi connectivity index (χ1v) is 14.6. The van der Waals surface area contributed by atoms with Gasteiger partial charge in [0.05, 0.1) is 29.8 Å². The molecule has 1 unspecified atom stereocenters. The minimum absolute atomic E-state index is 0.0464. The van der Waals surface area contributed by atoms with Gasteiger partial charge in [0.2, 0.25) is 0 Å². The van der Waals surface area contributed by atoms with Gasteiger partial charge in [0.1, 0.15) is 17.9 Å². The Morgan fingerprint density at radius 2 is 1.60 bits per heavy atom. The number of carboxylic acids is 2. The molecule has 1 fully saturated rings. The topological polar surface area (TPSA) is 187 Å². The Hall–Kier alpha value is -5.20. The molecular formula is C30H30ClF6N7O6. The second kappa shape index (κ2) is 15.1. The van der Waals surface area contributed by atoms with E-state index in [1.54, 1.807) is 29.1 Å². The van der Waals surface area contributed by atoms with Gasteiger partial charge >= 0.3 is 24.3 Å². The average Bonchev–Trinajstić information content (AvgIpc) is 3.83. The Balaban J connectivity index is 0.000000408. The number of anilines is 1. The lowest BCUT2D eigenvalue weighted by molar-refractivity contribution is -0.193. The van der Waals surface area contributed by atoms with E-state index in [1.165, 1.54) is 6.33 Å². The number of methoxy groups -OCH3 is 1. The lowest BCUT2D eigenvalue weighted by Gasteiger charge is -2.22. The summed E-state index contributed by atoms with van der Waals surface area (Å²) < 4.78 is 71.2. The lowest BCUT2D eigenvalue weighted by Crippen LogP contribution is -2.28. The zero-order valence-corrected chi connectivity index (χ0v) is 27.6. The fourth-order valence-corrected chi connectivity index (χ4v) is 4.93. The van der Waals surface area contributed by atoms with Crippen LogP contribution in [0.3, 0.4) is 0 Å². The summed E-state index contributed by atoms with van der Waals surface area (Å²) in [4.78, 5) is 45.5. The van der Waals surface area contributed by atoms with Crippen LogP contribution in [0.2, 0.25) is 5.02 Å². The largest absolute Gasteiger partial charge is 0.496 e. The molecule has 0 aliphatic heterocycles. The molecule has 1 amide bonds. The van der Waals surface area contributed by atoms with Gasteiger partial charge in [-0.15, -0.1) is 0 Å². The van der Waals surface area contributed by atoms with Gasteiger partial charge in [0.15, 0.2) is 5.65 Å². The number of carboxylic acid groups (broad SMARTS) is 2. The van der Waals surface area contributed by atoms with E-state index in [1.807, 2.05) is 40.0 Å². The standard InChI is InChI=1S/C26H28ClN7O2.2C2HF3O2/c1-13-20(27)9-19(15(3)34-25-22(14(2)32-34)24(28)30-12-31-25)23(36-5)21(13)16-8-17(11-29-10-16)26(35)33(4)18-6-7-18;2*3-2(4,5)1(6)7/h8-12,15,18H,6-7H2,1-5H3,(H2,28,30,31);2*(H,6,7). The Kier molecular flexibility index (Phi) is 11.9. The van der Waals surface area contributed by atoms with E-state index in [9.17, 15) is 31.1 Å². The van der Waals surface area contributed by atoms with E-state index >= 15 is 0 Å². The summed E-state index contributed by atoms with van der Waals surface area (Å²) in [6.45, 7) is 5.81. The number of alkyl halides is 6. The second-order valence-corrected chi connectivity index (χ2v) is 11.3. The Bertz CT molecular complexity index is 1890. The predicted molar refractivity (Wildman–Crippen MR) is 167 cm³/mol. The number of pyridine rings is 1. The summed E-state index contributed by atoms with van der Waals surface area (Å²) >= 11 is 6.75. The minimum Gasteiger partial charge on any atom is -0.496 e. The number of aryl methyl sites for hydroxylation is 1. The molecule has 4 N–H and O–H groups in total. The van der Waals surface area contributed by atoms with Gasteiger partial charge in [-0.3, -0.25) is 9.78 Å². The fourth-order valence-electron chi connectivity index (χ4n) is 4.72. The monoisotopic (exact) mass is 733 g/mol. The predicted octanol–water partition coefficient (Wildman–Crippen LogP) is 5.86. The van der Waals surface area contributed by atoms with Crippen molar-refractivity contribution < 1.29 is 55.7 Å². The summed E-state index contributed by atoms with van der Waals surface area (Å²) in [5.74, 6) is -4.54. The zero-order valence-electron chi connectivity index (χ0n) is 26.9. The van der Waals surface area contributed by atoms with Crippen LogP contribution in [0.15, 0.2) is 30.9 Å². The number of carbonyl (C=O) groups excluding carboxylic acids is 1. The number of aromatic nitrogens is 5. The first-order chi connectivity index (χ1) is 23.1. The van der Waals surface area contributed by atoms with Crippen molar-refractivity contribution in [1.29, 1.82) is 0 Å². The fraction of sp³-hybridized carbons (Fsp3) is 0.367. The highest BCUT2D eigenvalue weighted by molar-refractivity contribution is 6.32. The normalized spacial score (nSPS) is 13.4. The van der Waals surface area contributed by atoms with Crippen LogP contribution in [0.5, 0.6) is 5.75 Å². The van der Waals surface area contributed by atoms with Crippen molar-refractivity contribution >= 4 is 46.3 Å². The molecule has 4 aromatic rings. The minimum atomic E-state index is -5.08. The van der Waals surface area contributed by atoms with Gasteiger partial charge in [-0.25, -0.2) is 24.2 Å². The van der Waals surface area contributed by atoms with E-state index in [-0.39, 0.29) is 11.9 Å². The highest BCUT2D eigenvalue weighted by Gasteiger charge is 2.39. The van der Waals surface area contributed by atoms with E-state index < -0.39 is 24.3 Å². The van der Waals surface area contributed by atoms with Crippen LogP contribution in [0.25, 0.3) is 22.2 Å². The third kappa shape index (κ3) is 8.87. The maximum Gasteiger partial charge on any atom is 0.490 e. The lowest BCUT2D eigenvalue weighted by atomic mass is 9.94. The number of benzene rings is 1. The van der Waals surface area contributed by atoms with Gasteiger partial charge in [-0.2, -0.15) is 31.4 Å². The van der Waals surface area contributed by atoms with E-state index in [0.717, 1.165) is 46.2 Å². The van der Waals surface area contributed by atoms with Gasteiger partial charge in [0, 0.05) is 47.2 Å². The molecule has 0 saturated heterocycles. The number of aliphatic carboxylic acids is 2. The Labute approximate surface area is 284 Å². The van der Waals surface area contributed by atoms with Crippen molar-refractivity contribution in [3.63, 3.8) is 0 Å². The number of ether oxygens (including phenoxy) is 1. The first kappa shape index (κ1) is 39.2. The first-order valence-electron chi connectivity index (χ1n) is 14.3. The molecule has 0 spiro atoms. The summed E-state index contributed by atoms with van der Waals surface area (Å²) in [7, 11) is 3.46. The van der Waals surface area contributed by atoms with Crippen molar-refractivity contribution in [3.8, 4) is 16.9 Å². The maximum absolute atomic E-state index is 13.0. The molecule has 270 valence electrons. The molecule has 20 heteroatoms. The van der Waals surface area contributed by atoms with Crippen LogP contribution < -0.4 is 10.5 Å². The highest BCUT2D eigenvalue weighted by Crippen LogP contribution is 2.43. The molecule has 0 radical (unpaired) electrons. The van der Waals surface area contributed by atoms with E-state index in [4.69, 9.17) is 47.0 Å². The number of carbonyl (C=O) groups is 3. The van der Waals surface area contributed by atoms with Crippen molar-refractivity contribution in [2.45, 2.75) is 58.0 Å². The van der Waals surface area contributed by atoms with Gasteiger partial charge in [-0.05, 0) is 51.3 Å². The Morgan fingerprint density at radius 3 is 2.10 bits per heavy atom. The second-order valence-electron chi connectivity index (χ2n) is 10.9. The number of nitrogens with two attached hydrogens (primary N) is 1. The van der Waals surface area contributed by atoms with Gasteiger partial charge < -0.3 is 25.6 Å². The number of rotatable bonds is 6. The molecular weight excluding hydrogens is 704 g/mol. The summed E-state index contributed by atoms with van der Waals surface area (Å²) in [6, 6.07) is 3.76. The SMILES string of the molecule is COc1c(C(C)n2nc(C)c3c(N)ncnc32)cc(Cl)c(C)c1-c1cncc(C(=O)N(C)C2CC2)c1.O=C(O)C(F)(F)F.O=C(O)C(F)(F)F. The van der Waals surface area contributed by atoms with Gasteiger partial charge in [-0.1, -0.05) is 11.6 Å². The molecule has 3 heterocycles. The van der Waals surface area contributed by atoms with E-state index in [2.05, 4.69) is 15.0 Å². The highest BCUT2D eigenvalue weighted by atomic mass is 35.5. The summed E-state index contributed by atoms with van der Waals surface area (Å²) in [5.41, 5.74) is 11.2. The number of hydrogen-bond acceptors (Lipinski definition) is 9.